The number of aromatic nitrogens is 1. The summed E-state index contributed by atoms with van der Waals surface area (Å²) in [5, 5.41) is 9.49. The molecule has 0 atom stereocenters. The Bertz CT molecular complexity index is 798. The first kappa shape index (κ1) is 15.4. The summed E-state index contributed by atoms with van der Waals surface area (Å²) in [5.41, 5.74) is 0.848. The van der Waals surface area contributed by atoms with Gasteiger partial charge in [-0.05, 0) is 23.6 Å². The average molecular weight is 343 g/mol. The van der Waals surface area contributed by atoms with Crippen molar-refractivity contribution in [2.75, 3.05) is 5.32 Å². The molecule has 7 heteroatoms. The third-order valence-electron chi connectivity index (χ3n) is 3.00. The van der Waals surface area contributed by atoms with Crippen molar-refractivity contribution in [2.45, 2.75) is 6.54 Å². The number of rotatable bonds is 5. The molecule has 0 unspecified atom stereocenters. The van der Waals surface area contributed by atoms with Crippen LogP contribution in [0.1, 0.15) is 25.7 Å². The highest BCUT2D eigenvalue weighted by molar-refractivity contribution is 7.14. The number of hydrogen-bond donors (Lipinski definition) is 2. The van der Waals surface area contributed by atoms with Gasteiger partial charge in [-0.3, -0.25) is 14.9 Å². The second-order valence-corrected chi connectivity index (χ2v) is 6.51. The molecule has 2 N–H and O–H groups in total. The Morgan fingerprint density at radius 2 is 1.83 bits per heavy atom. The third kappa shape index (κ3) is 4.02. The summed E-state index contributed by atoms with van der Waals surface area (Å²) in [5.74, 6) is -0.500. The van der Waals surface area contributed by atoms with Crippen molar-refractivity contribution in [1.29, 1.82) is 0 Å². The maximum atomic E-state index is 12.0. The van der Waals surface area contributed by atoms with E-state index in [4.69, 9.17) is 0 Å². The van der Waals surface area contributed by atoms with Gasteiger partial charge < -0.3 is 5.32 Å². The smallest absolute Gasteiger partial charge is 0.271 e. The highest BCUT2D eigenvalue weighted by atomic mass is 32.1. The van der Waals surface area contributed by atoms with Crippen molar-refractivity contribution in [3.05, 3.63) is 69.4 Å². The Hall–Kier alpha value is -2.51. The lowest BCUT2D eigenvalue weighted by Gasteiger charge is -2.01. The van der Waals surface area contributed by atoms with Crippen LogP contribution < -0.4 is 10.6 Å². The molecule has 116 valence electrons. The van der Waals surface area contributed by atoms with Crippen LogP contribution in [0, 0.1) is 0 Å². The van der Waals surface area contributed by atoms with Crippen LogP contribution >= 0.6 is 22.7 Å². The molecule has 5 nitrogen and oxygen atoms in total. The average Bonchev–Trinajstić information content (AvgIpc) is 3.25. The quantitative estimate of drug-likeness (QED) is 0.746. The lowest BCUT2D eigenvalue weighted by molar-refractivity contribution is 0.0945. The number of thiophene rings is 1. The van der Waals surface area contributed by atoms with E-state index in [1.165, 1.54) is 11.3 Å². The highest BCUT2D eigenvalue weighted by Crippen LogP contribution is 2.17. The van der Waals surface area contributed by atoms with Crippen molar-refractivity contribution in [3.8, 4) is 0 Å². The first-order valence-corrected chi connectivity index (χ1v) is 8.61. The minimum absolute atomic E-state index is 0.245. The number of carbonyl (C=O) groups excluding carboxylic acids is 2. The molecule has 2 aromatic heterocycles. The highest BCUT2D eigenvalue weighted by Gasteiger charge is 2.13. The van der Waals surface area contributed by atoms with E-state index >= 15 is 0 Å². The fraction of sp³-hybridized carbons (Fsp3) is 0.0625. The second kappa shape index (κ2) is 7.17. The molecule has 3 aromatic rings. The van der Waals surface area contributed by atoms with E-state index in [2.05, 4.69) is 15.6 Å². The predicted molar refractivity (Wildman–Crippen MR) is 92.0 cm³/mol. The zero-order chi connectivity index (χ0) is 16.1. The van der Waals surface area contributed by atoms with Gasteiger partial charge in [-0.1, -0.05) is 24.3 Å². The summed E-state index contributed by atoms with van der Waals surface area (Å²) >= 11 is 2.80. The largest absolute Gasteiger partial charge is 0.346 e. The molecule has 0 radical (unpaired) electrons. The van der Waals surface area contributed by atoms with Crippen molar-refractivity contribution in [3.63, 3.8) is 0 Å². The van der Waals surface area contributed by atoms with Crippen LogP contribution in [-0.4, -0.2) is 16.8 Å². The van der Waals surface area contributed by atoms with Gasteiger partial charge in [0.2, 0.25) is 0 Å². The van der Waals surface area contributed by atoms with Gasteiger partial charge in [0.15, 0.2) is 5.13 Å². The van der Waals surface area contributed by atoms with Crippen LogP contribution in [0.25, 0.3) is 0 Å². The molecule has 0 aliphatic rings. The first-order valence-electron chi connectivity index (χ1n) is 6.85. The molecule has 0 saturated carbocycles. The number of nitrogens with zero attached hydrogens (tertiary/aromatic N) is 1. The summed E-state index contributed by atoms with van der Waals surface area (Å²) in [6.45, 7) is 0.472. The number of carbonyl (C=O) groups is 2. The summed E-state index contributed by atoms with van der Waals surface area (Å²) in [6, 6.07) is 12.8. The lowest BCUT2D eigenvalue weighted by Crippen LogP contribution is -2.22. The number of thiazole rings is 1. The van der Waals surface area contributed by atoms with Gasteiger partial charge in [0.05, 0.1) is 6.54 Å². The van der Waals surface area contributed by atoms with Crippen LogP contribution in [0.2, 0.25) is 0 Å². The standard InChI is InChI=1S/C16H13N3O2S2/c20-14(11-5-2-1-3-6-11)19-16-18-13(10-23-16)15(21)17-9-12-7-4-8-22-12/h1-8,10H,9H2,(H,17,21)(H,18,19,20). The second-order valence-electron chi connectivity index (χ2n) is 4.62. The zero-order valence-electron chi connectivity index (χ0n) is 12.0. The van der Waals surface area contributed by atoms with E-state index in [0.29, 0.717) is 22.9 Å². The van der Waals surface area contributed by atoms with E-state index in [9.17, 15) is 9.59 Å². The maximum Gasteiger partial charge on any atom is 0.271 e. The van der Waals surface area contributed by atoms with Crippen LogP contribution in [0.15, 0.2) is 53.2 Å². The number of hydrogen-bond acceptors (Lipinski definition) is 5. The monoisotopic (exact) mass is 343 g/mol. The third-order valence-corrected chi connectivity index (χ3v) is 4.63. The number of nitrogens with one attached hydrogen (secondary N) is 2. The molecule has 2 amide bonds. The first-order chi connectivity index (χ1) is 11.2. The SMILES string of the molecule is O=C(Nc1nc(C(=O)NCc2cccs2)cs1)c1ccccc1. The van der Waals surface area contributed by atoms with Crippen LogP contribution in [0.4, 0.5) is 5.13 Å². The molecule has 0 spiro atoms. The van der Waals surface area contributed by atoms with Crippen LogP contribution in [-0.2, 0) is 6.54 Å². The predicted octanol–water partition coefficient (Wildman–Crippen LogP) is 3.39. The number of anilines is 1. The minimum Gasteiger partial charge on any atom is -0.346 e. The normalized spacial score (nSPS) is 10.3. The summed E-state index contributed by atoms with van der Waals surface area (Å²) in [4.78, 5) is 29.3. The minimum atomic E-state index is -0.255. The van der Waals surface area contributed by atoms with Gasteiger partial charge in [-0.15, -0.1) is 22.7 Å². The van der Waals surface area contributed by atoms with Gasteiger partial charge in [0.25, 0.3) is 11.8 Å². The fourth-order valence-corrected chi connectivity index (χ4v) is 3.20. The topological polar surface area (TPSA) is 71.1 Å². The summed E-state index contributed by atoms with van der Waals surface area (Å²) in [7, 11) is 0. The number of amides is 2. The van der Waals surface area contributed by atoms with Crippen LogP contribution in [0.5, 0.6) is 0 Å². The molecule has 23 heavy (non-hydrogen) atoms. The Kier molecular flexibility index (Phi) is 4.80. The molecule has 0 aliphatic carbocycles. The van der Waals surface area contributed by atoms with E-state index in [0.717, 1.165) is 4.88 Å². The Labute approximate surface area is 141 Å². The fourth-order valence-electron chi connectivity index (χ4n) is 1.87. The summed E-state index contributed by atoms with van der Waals surface area (Å²) < 4.78 is 0. The van der Waals surface area contributed by atoms with E-state index in [-0.39, 0.29) is 11.8 Å². The molecular weight excluding hydrogens is 330 g/mol. The van der Waals surface area contributed by atoms with E-state index in [1.807, 2.05) is 23.6 Å². The van der Waals surface area contributed by atoms with Gasteiger partial charge in [-0.2, -0.15) is 0 Å². The molecule has 2 heterocycles. The molecule has 1 aromatic carbocycles. The zero-order valence-corrected chi connectivity index (χ0v) is 13.6. The van der Waals surface area contributed by atoms with E-state index < -0.39 is 0 Å². The Morgan fingerprint density at radius 1 is 1.00 bits per heavy atom. The maximum absolute atomic E-state index is 12.0. The van der Waals surface area contributed by atoms with Crippen LogP contribution in [0.3, 0.4) is 0 Å². The summed E-state index contributed by atoms with van der Waals surface area (Å²) in [6.07, 6.45) is 0. The Balaban J connectivity index is 1.59. The van der Waals surface area contributed by atoms with Gasteiger partial charge in [0.1, 0.15) is 5.69 Å². The lowest BCUT2D eigenvalue weighted by atomic mass is 10.2. The van der Waals surface area contributed by atoms with Crippen molar-refractivity contribution >= 4 is 39.6 Å². The molecule has 0 aliphatic heterocycles. The molecule has 0 saturated heterocycles. The van der Waals surface area contributed by atoms with Gasteiger partial charge >= 0.3 is 0 Å². The molecular formula is C16H13N3O2S2. The Morgan fingerprint density at radius 3 is 2.57 bits per heavy atom. The van der Waals surface area contributed by atoms with Crippen molar-refractivity contribution < 1.29 is 9.59 Å². The molecule has 0 fully saturated rings. The molecule has 0 bridgehead atoms. The van der Waals surface area contributed by atoms with Gasteiger partial charge in [0, 0.05) is 15.8 Å². The van der Waals surface area contributed by atoms with Gasteiger partial charge in [-0.25, -0.2) is 4.98 Å². The number of benzene rings is 1. The molecule has 3 rings (SSSR count). The van der Waals surface area contributed by atoms with Crippen molar-refractivity contribution in [1.82, 2.24) is 10.3 Å². The van der Waals surface area contributed by atoms with Crippen molar-refractivity contribution in [2.24, 2.45) is 0 Å². The van der Waals surface area contributed by atoms with E-state index in [1.54, 1.807) is 41.0 Å².